The first kappa shape index (κ1) is 17.5. The minimum atomic E-state index is 0.132. The van der Waals surface area contributed by atoms with E-state index in [4.69, 9.17) is 11.6 Å². The number of halogens is 1. The SMILES string of the molecule is CCN(Cc1ccccc1)C(=O)CNCCc1ccc(Cl)cc1. The lowest BCUT2D eigenvalue weighted by Crippen LogP contribution is -2.38. The van der Waals surface area contributed by atoms with Gasteiger partial charge in [-0.15, -0.1) is 0 Å². The Kier molecular flexibility index (Phi) is 7.11. The number of carbonyl (C=O) groups is 1. The van der Waals surface area contributed by atoms with Crippen molar-refractivity contribution in [3.8, 4) is 0 Å². The number of nitrogens with one attached hydrogen (secondary N) is 1. The summed E-state index contributed by atoms with van der Waals surface area (Å²) in [6.07, 6.45) is 0.884. The lowest BCUT2D eigenvalue weighted by Gasteiger charge is -2.21. The number of carbonyl (C=O) groups excluding carboxylic acids is 1. The molecule has 1 amide bonds. The fourth-order valence-corrected chi connectivity index (χ4v) is 2.50. The third-order valence-corrected chi connectivity index (χ3v) is 3.98. The van der Waals surface area contributed by atoms with Crippen LogP contribution < -0.4 is 5.32 Å². The predicted octanol–water partition coefficient (Wildman–Crippen LogP) is 3.52. The molecule has 122 valence electrons. The monoisotopic (exact) mass is 330 g/mol. The molecule has 0 saturated heterocycles. The van der Waals surface area contributed by atoms with Crippen LogP contribution in [0.15, 0.2) is 54.6 Å². The first-order chi connectivity index (χ1) is 11.2. The van der Waals surface area contributed by atoms with E-state index in [1.54, 1.807) is 0 Å². The standard InChI is InChI=1S/C19H23ClN2O/c1-2-22(15-17-6-4-3-5-7-17)19(23)14-21-13-12-16-8-10-18(20)11-9-16/h3-11,21H,2,12-15H2,1H3. The molecule has 0 aliphatic rings. The zero-order valence-corrected chi connectivity index (χ0v) is 14.2. The Bertz CT molecular complexity index is 599. The van der Waals surface area contributed by atoms with Crippen molar-refractivity contribution in [1.29, 1.82) is 0 Å². The molecule has 0 radical (unpaired) electrons. The van der Waals surface area contributed by atoms with Crippen LogP contribution in [0.5, 0.6) is 0 Å². The molecule has 0 unspecified atom stereocenters. The van der Waals surface area contributed by atoms with Crippen LogP contribution in [0.3, 0.4) is 0 Å². The summed E-state index contributed by atoms with van der Waals surface area (Å²) in [6, 6.07) is 17.9. The van der Waals surface area contributed by atoms with E-state index in [0.29, 0.717) is 19.6 Å². The van der Waals surface area contributed by atoms with Crippen molar-refractivity contribution in [2.24, 2.45) is 0 Å². The third-order valence-electron chi connectivity index (χ3n) is 3.73. The van der Waals surface area contributed by atoms with Gasteiger partial charge in [-0.3, -0.25) is 4.79 Å². The van der Waals surface area contributed by atoms with Gasteiger partial charge in [0.05, 0.1) is 6.54 Å². The van der Waals surface area contributed by atoms with E-state index < -0.39 is 0 Å². The fourth-order valence-electron chi connectivity index (χ4n) is 2.37. The van der Waals surface area contributed by atoms with Crippen molar-refractivity contribution < 1.29 is 4.79 Å². The van der Waals surface area contributed by atoms with Crippen molar-refractivity contribution >= 4 is 17.5 Å². The fraction of sp³-hybridized carbons (Fsp3) is 0.316. The van der Waals surface area contributed by atoms with Gasteiger partial charge in [-0.1, -0.05) is 54.1 Å². The van der Waals surface area contributed by atoms with Crippen molar-refractivity contribution in [2.75, 3.05) is 19.6 Å². The molecular formula is C19H23ClN2O. The number of hydrogen-bond donors (Lipinski definition) is 1. The molecule has 23 heavy (non-hydrogen) atoms. The van der Waals surface area contributed by atoms with Gasteiger partial charge < -0.3 is 10.2 Å². The number of hydrogen-bond acceptors (Lipinski definition) is 2. The van der Waals surface area contributed by atoms with Crippen LogP contribution >= 0.6 is 11.6 Å². The van der Waals surface area contributed by atoms with Crippen LogP contribution in [-0.2, 0) is 17.8 Å². The lowest BCUT2D eigenvalue weighted by atomic mass is 10.1. The molecule has 3 nitrogen and oxygen atoms in total. The average molecular weight is 331 g/mol. The highest BCUT2D eigenvalue weighted by atomic mass is 35.5. The zero-order chi connectivity index (χ0) is 16.5. The topological polar surface area (TPSA) is 32.3 Å². The summed E-state index contributed by atoms with van der Waals surface area (Å²) in [7, 11) is 0. The second-order valence-electron chi connectivity index (χ2n) is 5.45. The Morgan fingerprint density at radius 2 is 1.74 bits per heavy atom. The van der Waals surface area contributed by atoms with E-state index in [1.807, 2.05) is 66.4 Å². The Hall–Kier alpha value is -1.84. The van der Waals surface area contributed by atoms with Gasteiger partial charge in [-0.25, -0.2) is 0 Å². The van der Waals surface area contributed by atoms with Crippen LogP contribution in [0.4, 0.5) is 0 Å². The molecule has 0 saturated carbocycles. The van der Waals surface area contributed by atoms with Crippen molar-refractivity contribution in [2.45, 2.75) is 19.9 Å². The van der Waals surface area contributed by atoms with Crippen molar-refractivity contribution in [1.82, 2.24) is 10.2 Å². The average Bonchev–Trinajstić information content (AvgIpc) is 2.59. The van der Waals surface area contributed by atoms with E-state index in [0.717, 1.165) is 23.6 Å². The molecule has 0 aliphatic carbocycles. The highest BCUT2D eigenvalue weighted by Gasteiger charge is 2.11. The molecule has 0 atom stereocenters. The maximum atomic E-state index is 12.3. The van der Waals surface area contributed by atoms with Crippen LogP contribution in [-0.4, -0.2) is 30.4 Å². The van der Waals surface area contributed by atoms with E-state index in [1.165, 1.54) is 5.56 Å². The van der Waals surface area contributed by atoms with E-state index in [9.17, 15) is 4.79 Å². The van der Waals surface area contributed by atoms with Crippen LogP contribution in [0.25, 0.3) is 0 Å². The van der Waals surface area contributed by atoms with Crippen molar-refractivity contribution in [3.05, 3.63) is 70.7 Å². The maximum Gasteiger partial charge on any atom is 0.236 e. The Balaban J connectivity index is 1.73. The van der Waals surface area contributed by atoms with E-state index in [2.05, 4.69) is 5.32 Å². The highest BCUT2D eigenvalue weighted by Crippen LogP contribution is 2.09. The molecule has 0 aromatic heterocycles. The molecule has 0 heterocycles. The summed E-state index contributed by atoms with van der Waals surface area (Å²) in [5.41, 5.74) is 2.37. The number of likely N-dealkylation sites (N-methyl/N-ethyl adjacent to an activating group) is 1. The molecule has 2 rings (SSSR count). The van der Waals surface area contributed by atoms with Gasteiger partial charge in [0.15, 0.2) is 0 Å². The molecule has 1 N–H and O–H groups in total. The molecular weight excluding hydrogens is 308 g/mol. The molecule has 0 fully saturated rings. The number of rotatable bonds is 8. The van der Waals surface area contributed by atoms with Gasteiger partial charge in [0, 0.05) is 18.1 Å². The maximum absolute atomic E-state index is 12.3. The zero-order valence-electron chi connectivity index (χ0n) is 13.5. The van der Waals surface area contributed by atoms with Crippen LogP contribution in [0.2, 0.25) is 5.02 Å². The van der Waals surface area contributed by atoms with Gasteiger partial charge in [-0.05, 0) is 43.1 Å². The van der Waals surface area contributed by atoms with Crippen LogP contribution in [0, 0.1) is 0 Å². The second-order valence-corrected chi connectivity index (χ2v) is 5.88. The van der Waals surface area contributed by atoms with Crippen LogP contribution in [0.1, 0.15) is 18.1 Å². The van der Waals surface area contributed by atoms with Gasteiger partial charge in [0.1, 0.15) is 0 Å². The Morgan fingerprint density at radius 3 is 2.39 bits per heavy atom. The molecule has 0 aliphatic heterocycles. The summed E-state index contributed by atoms with van der Waals surface area (Å²) in [5, 5.41) is 3.97. The summed E-state index contributed by atoms with van der Waals surface area (Å²) < 4.78 is 0. The van der Waals surface area contributed by atoms with Gasteiger partial charge >= 0.3 is 0 Å². The Labute approximate surface area is 143 Å². The molecule has 2 aromatic rings. The summed E-state index contributed by atoms with van der Waals surface area (Å²) in [4.78, 5) is 14.1. The summed E-state index contributed by atoms with van der Waals surface area (Å²) >= 11 is 5.87. The summed E-state index contributed by atoms with van der Waals surface area (Å²) in [5.74, 6) is 0.132. The van der Waals surface area contributed by atoms with Gasteiger partial charge in [0.2, 0.25) is 5.91 Å². The highest BCUT2D eigenvalue weighted by molar-refractivity contribution is 6.30. The smallest absolute Gasteiger partial charge is 0.236 e. The number of amides is 1. The minimum absolute atomic E-state index is 0.132. The van der Waals surface area contributed by atoms with E-state index in [-0.39, 0.29) is 5.91 Å². The first-order valence-corrected chi connectivity index (χ1v) is 8.33. The lowest BCUT2D eigenvalue weighted by molar-refractivity contribution is -0.130. The molecule has 2 aromatic carbocycles. The van der Waals surface area contributed by atoms with Gasteiger partial charge in [-0.2, -0.15) is 0 Å². The largest absolute Gasteiger partial charge is 0.338 e. The summed E-state index contributed by atoms with van der Waals surface area (Å²) in [6.45, 7) is 4.53. The van der Waals surface area contributed by atoms with E-state index >= 15 is 0 Å². The molecule has 4 heteroatoms. The second kappa shape index (κ2) is 9.33. The normalized spacial score (nSPS) is 10.5. The predicted molar refractivity (Wildman–Crippen MR) is 95.6 cm³/mol. The quantitative estimate of drug-likeness (QED) is 0.751. The number of benzene rings is 2. The van der Waals surface area contributed by atoms with Gasteiger partial charge in [0.25, 0.3) is 0 Å². The molecule has 0 bridgehead atoms. The molecule has 0 spiro atoms. The Morgan fingerprint density at radius 1 is 1.04 bits per heavy atom. The third kappa shape index (κ3) is 6.05. The first-order valence-electron chi connectivity index (χ1n) is 7.96. The minimum Gasteiger partial charge on any atom is -0.338 e. The van der Waals surface area contributed by atoms with Crippen molar-refractivity contribution in [3.63, 3.8) is 0 Å². The number of nitrogens with zero attached hydrogens (tertiary/aromatic N) is 1.